The lowest BCUT2D eigenvalue weighted by Crippen LogP contribution is -2.09. The van der Waals surface area contributed by atoms with Crippen LogP contribution in [0, 0.1) is 0 Å². The molecule has 0 unspecified atom stereocenters. The second kappa shape index (κ2) is 5.21. The first-order valence-corrected chi connectivity index (χ1v) is 4.29. The molecule has 0 saturated carbocycles. The van der Waals surface area contributed by atoms with E-state index >= 15 is 0 Å². The zero-order chi connectivity index (χ0) is 11.3. The summed E-state index contributed by atoms with van der Waals surface area (Å²) in [7, 11) is 1.47. The zero-order valence-corrected chi connectivity index (χ0v) is 8.27. The van der Waals surface area contributed by atoms with Crippen LogP contribution in [0.5, 0.6) is 11.5 Å². The van der Waals surface area contributed by atoms with E-state index in [9.17, 15) is 4.79 Å². The number of methoxy groups -OCH3 is 1. The molecule has 0 amide bonds. The maximum Gasteiger partial charge on any atom is 0.341 e. The Bertz CT molecular complexity index is 348. The van der Waals surface area contributed by atoms with Gasteiger partial charge >= 0.3 is 5.97 Å². The third-order valence-corrected chi connectivity index (χ3v) is 1.79. The number of hydrogen-bond donors (Lipinski definition) is 2. The van der Waals surface area contributed by atoms with Crippen molar-refractivity contribution in [2.24, 2.45) is 0 Å². The molecule has 0 aliphatic heterocycles. The van der Waals surface area contributed by atoms with Crippen molar-refractivity contribution in [1.82, 2.24) is 0 Å². The third kappa shape index (κ3) is 3.14. The minimum atomic E-state index is -1.04. The molecule has 1 aromatic carbocycles. The Labute approximate surface area is 86.9 Å². The van der Waals surface area contributed by atoms with Gasteiger partial charge in [-0.05, 0) is 12.1 Å². The molecular formula is C10H12O5. The fourth-order valence-corrected chi connectivity index (χ4v) is 1.09. The Morgan fingerprint density at radius 3 is 2.73 bits per heavy atom. The summed E-state index contributed by atoms with van der Waals surface area (Å²) in [5.41, 5.74) is 0.625. The van der Waals surface area contributed by atoms with Crippen molar-refractivity contribution in [3.63, 3.8) is 0 Å². The van der Waals surface area contributed by atoms with Gasteiger partial charge in [-0.25, -0.2) is 4.79 Å². The Balaban J connectivity index is 2.78. The van der Waals surface area contributed by atoms with Gasteiger partial charge in [0.25, 0.3) is 0 Å². The summed E-state index contributed by atoms with van der Waals surface area (Å²) < 4.78 is 9.94. The molecule has 0 heterocycles. The van der Waals surface area contributed by atoms with E-state index in [2.05, 4.69) is 0 Å². The summed E-state index contributed by atoms with van der Waals surface area (Å²) in [6.07, 6.45) is 0. The monoisotopic (exact) mass is 212 g/mol. The molecule has 82 valence electrons. The second-order valence-corrected chi connectivity index (χ2v) is 2.81. The van der Waals surface area contributed by atoms with Crippen LogP contribution in [0.3, 0.4) is 0 Å². The van der Waals surface area contributed by atoms with Crippen LogP contribution < -0.4 is 9.47 Å². The number of carboxylic acid groups (broad SMARTS) is 1. The van der Waals surface area contributed by atoms with Gasteiger partial charge in [-0.2, -0.15) is 0 Å². The minimum absolute atomic E-state index is 0.137. The molecule has 0 radical (unpaired) electrons. The highest BCUT2D eigenvalue weighted by atomic mass is 16.5. The standard InChI is InChI=1S/C10H12O5/c1-14-9-4-8(15-6-10(12)13)3-2-7(9)5-11/h2-4,11H,5-6H2,1H3,(H,12,13). The maximum absolute atomic E-state index is 10.3. The average molecular weight is 212 g/mol. The first-order chi connectivity index (χ1) is 7.17. The number of benzene rings is 1. The number of rotatable bonds is 5. The number of aliphatic carboxylic acids is 1. The molecule has 0 aromatic heterocycles. The Morgan fingerprint density at radius 1 is 1.47 bits per heavy atom. The fraction of sp³-hybridized carbons (Fsp3) is 0.300. The van der Waals surface area contributed by atoms with Gasteiger partial charge in [0, 0.05) is 11.6 Å². The summed E-state index contributed by atoms with van der Waals surface area (Å²) in [4.78, 5) is 10.3. The van der Waals surface area contributed by atoms with Gasteiger partial charge in [0.05, 0.1) is 13.7 Å². The number of aliphatic hydroxyl groups excluding tert-OH is 1. The Hall–Kier alpha value is -1.75. The van der Waals surface area contributed by atoms with Crippen LogP contribution >= 0.6 is 0 Å². The van der Waals surface area contributed by atoms with Gasteiger partial charge in [0.2, 0.25) is 0 Å². The smallest absolute Gasteiger partial charge is 0.341 e. The van der Waals surface area contributed by atoms with Crippen molar-refractivity contribution in [1.29, 1.82) is 0 Å². The van der Waals surface area contributed by atoms with E-state index in [0.29, 0.717) is 17.1 Å². The van der Waals surface area contributed by atoms with E-state index in [-0.39, 0.29) is 6.61 Å². The fourth-order valence-electron chi connectivity index (χ4n) is 1.09. The molecule has 5 heteroatoms. The first-order valence-electron chi connectivity index (χ1n) is 4.29. The highest BCUT2D eigenvalue weighted by molar-refractivity contribution is 5.68. The SMILES string of the molecule is COc1cc(OCC(=O)O)ccc1CO. The first kappa shape index (κ1) is 11.3. The lowest BCUT2D eigenvalue weighted by molar-refractivity contribution is -0.139. The second-order valence-electron chi connectivity index (χ2n) is 2.81. The molecule has 0 aliphatic carbocycles. The predicted octanol–water partition coefficient (Wildman–Crippen LogP) is 0.651. The van der Waals surface area contributed by atoms with Crippen molar-refractivity contribution in [3.05, 3.63) is 23.8 Å². The highest BCUT2D eigenvalue weighted by Gasteiger charge is 2.05. The van der Waals surface area contributed by atoms with Gasteiger partial charge in [-0.3, -0.25) is 0 Å². The lowest BCUT2D eigenvalue weighted by atomic mass is 10.2. The number of aliphatic hydroxyl groups is 1. The van der Waals surface area contributed by atoms with E-state index in [1.54, 1.807) is 12.1 Å². The topological polar surface area (TPSA) is 76.0 Å². The zero-order valence-electron chi connectivity index (χ0n) is 8.27. The van der Waals surface area contributed by atoms with E-state index < -0.39 is 12.6 Å². The molecule has 0 atom stereocenters. The average Bonchev–Trinajstić information content (AvgIpc) is 2.25. The van der Waals surface area contributed by atoms with Crippen LogP contribution in [0.25, 0.3) is 0 Å². The van der Waals surface area contributed by atoms with Crippen LogP contribution in [-0.4, -0.2) is 29.9 Å². The number of ether oxygens (including phenoxy) is 2. The summed E-state index contributed by atoms with van der Waals surface area (Å²) >= 11 is 0. The van der Waals surface area contributed by atoms with Gasteiger partial charge < -0.3 is 19.7 Å². The van der Waals surface area contributed by atoms with E-state index in [1.807, 2.05) is 0 Å². The number of carbonyl (C=O) groups is 1. The Kier molecular flexibility index (Phi) is 3.93. The van der Waals surface area contributed by atoms with Crippen LogP contribution in [0.15, 0.2) is 18.2 Å². The van der Waals surface area contributed by atoms with Crippen LogP contribution in [-0.2, 0) is 11.4 Å². The summed E-state index contributed by atoms with van der Waals surface area (Å²) in [5.74, 6) is -0.174. The van der Waals surface area contributed by atoms with E-state index in [0.717, 1.165) is 0 Å². The highest BCUT2D eigenvalue weighted by Crippen LogP contribution is 2.24. The molecule has 0 bridgehead atoms. The Morgan fingerprint density at radius 2 is 2.20 bits per heavy atom. The molecule has 0 spiro atoms. The van der Waals surface area contributed by atoms with Gasteiger partial charge in [0.1, 0.15) is 11.5 Å². The van der Waals surface area contributed by atoms with Gasteiger partial charge in [0.15, 0.2) is 6.61 Å². The van der Waals surface area contributed by atoms with Crippen LogP contribution in [0.1, 0.15) is 5.56 Å². The number of hydrogen-bond acceptors (Lipinski definition) is 4. The van der Waals surface area contributed by atoms with Gasteiger partial charge in [-0.1, -0.05) is 0 Å². The molecule has 0 fully saturated rings. The largest absolute Gasteiger partial charge is 0.496 e. The summed E-state index contributed by atoms with van der Waals surface area (Å²) in [6, 6.07) is 4.74. The predicted molar refractivity (Wildman–Crippen MR) is 52.0 cm³/mol. The molecule has 1 rings (SSSR count). The maximum atomic E-state index is 10.3. The molecular weight excluding hydrogens is 200 g/mol. The summed E-state index contributed by atoms with van der Waals surface area (Å²) in [6.45, 7) is -0.538. The molecule has 15 heavy (non-hydrogen) atoms. The molecule has 0 aliphatic rings. The third-order valence-electron chi connectivity index (χ3n) is 1.79. The van der Waals surface area contributed by atoms with Crippen LogP contribution in [0.2, 0.25) is 0 Å². The lowest BCUT2D eigenvalue weighted by Gasteiger charge is -2.09. The summed E-state index contributed by atoms with van der Waals surface area (Å²) in [5, 5.41) is 17.3. The van der Waals surface area contributed by atoms with Crippen molar-refractivity contribution < 1.29 is 24.5 Å². The van der Waals surface area contributed by atoms with E-state index in [1.165, 1.54) is 13.2 Å². The van der Waals surface area contributed by atoms with Crippen molar-refractivity contribution in [2.45, 2.75) is 6.61 Å². The van der Waals surface area contributed by atoms with Crippen molar-refractivity contribution in [3.8, 4) is 11.5 Å². The number of carboxylic acids is 1. The van der Waals surface area contributed by atoms with Crippen molar-refractivity contribution in [2.75, 3.05) is 13.7 Å². The quantitative estimate of drug-likeness (QED) is 0.749. The van der Waals surface area contributed by atoms with E-state index in [4.69, 9.17) is 19.7 Å². The van der Waals surface area contributed by atoms with Gasteiger partial charge in [-0.15, -0.1) is 0 Å². The molecule has 0 saturated heterocycles. The van der Waals surface area contributed by atoms with Crippen molar-refractivity contribution >= 4 is 5.97 Å². The molecule has 2 N–H and O–H groups in total. The molecule has 1 aromatic rings. The molecule has 5 nitrogen and oxygen atoms in total. The van der Waals surface area contributed by atoms with Crippen LogP contribution in [0.4, 0.5) is 0 Å². The normalized spacial score (nSPS) is 9.73. The minimum Gasteiger partial charge on any atom is -0.496 e.